The van der Waals surface area contributed by atoms with E-state index in [0.29, 0.717) is 59.1 Å². The third-order valence-corrected chi connectivity index (χ3v) is 6.86. The molecule has 9 nitrogen and oxygen atoms in total. The van der Waals surface area contributed by atoms with Crippen LogP contribution in [0.15, 0.2) is 23.0 Å². The second kappa shape index (κ2) is 7.03. The highest BCUT2D eigenvalue weighted by Crippen LogP contribution is 2.43. The number of benzene rings is 1. The van der Waals surface area contributed by atoms with Crippen molar-refractivity contribution in [3.63, 3.8) is 0 Å². The van der Waals surface area contributed by atoms with Gasteiger partial charge in [-0.2, -0.15) is 0 Å². The summed E-state index contributed by atoms with van der Waals surface area (Å²) >= 11 is 0. The number of ether oxygens (including phenoxy) is 4. The molecule has 1 N–H and O–H groups in total. The van der Waals surface area contributed by atoms with Crippen molar-refractivity contribution in [2.75, 3.05) is 20.5 Å². The number of methoxy groups -OCH3 is 1. The molecule has 33 heavy (non-hydrogen) atoms. The average molecular weight is 450 g/mol. The Labute approximate surface area is 188 Å². The van der Waals surface area contributed by atoms with Crippen molar-refractivity contribution in [3.8, 4) is 22.9 Å². The fraction of sp³-hybridized carbons (Fsp3) is 0.375. The molecule has 3 aromatic rings. The summed E-state index contributed by atoms with van der Waals surface area (Å²) in [6.07, 6.45) is 0.725. The number of hydrogen-bond donors (Lipinski definition) is 1. The molecule has 0 amide bonds. The normalized spacial score (nSPS) is 19.9. The highest BCUT2D eigenvalue weighted by Gasteiger charge is 2.45. The number of fused-ring (bicyclic) bond motifs is 6. The van der Waals surface area contributed by atoms with Gasteiger partial charge in [-0.05, 0) is 30.5 Å². The molecule has 1 atom stereocenters. The first-order valence-corrected chi connectivity index (χ1v) is 10.9. The van der Waals surface area contributed by atoms with E-state index in [4.69, 9.17) is 23.9 Å². The molecule has 0 radical (unpaired) electrons. The van der Waals surface area contributed by atoms with Crippen molar-refractivity contribution < 1.29 is 28.8 Å². The average Bonchev–Trinajstić information content (AvgIpc) is 3.42. The molecule has 5 heterocycles. The predicted octanol–water partition coefficient (Wildman–Crippen LogP) is 2.00. The summed E-state index contributed by atoms with van der Waals surface area (Å²) in [6.45, 7) is 2.53. The van der Waals surface area contributed by atoms with Crippen LogP contribution in [0.2, 0.25) is 0 Å². The van der Waals surface area contributed by atoms with Crippen LogP contribution < -0.4 is 15.0 Å². The lowest BCUT2D eigenvalue weighted by Gasteiger charge is -2.31. The fourth-order valence-electron chi connectivity index (χ4n) is 5.04. The monoisotopic (exact) mass is 450 g/mol. The Bertz CT molecular complexity index is 1410. The number of esters is 1. The van der Waals surface area contributed by atoms with Crippen LogP contribution in [0.1, 0.15) is 35.6 Å². The summed E-state index contributed by atoms with van der Waals surface area (Å²) in [5, 5.41) is 12.0. The van der Waals surface area contributed by atoms with Crippen LogP contribution >= 0.6 is 0 Å². The number of aromatic nitrogens is 2. The number of rotatable bonds is 4. The molecule has 3 aliphatic rings. The van der Waals surface area contributed by atoms with E-state index in [1.54, 1.807) is 24.7 Å². The first kappa shape index (κ1) is 20.2. The van der Waals surface area contributed by atoms with Crippen molar-refractivity contribution in [1.82, 2.24) is 9.55 Å². The summed E-state index contributed by atoms with van der Waals surface area (Å²) in [7, 11) is 1.65. The summed E-state index contributed by atoms with van der Waals surface area (Å²) in [5.74, 6) is 0.548. The maximum atomic E-state index is 13.4. The van der Waals surface area contributed by atoms with Gasteiger partial charge in [-0.15, -0.1) is 0 Å². The maximum absolute atomic E-state index is 13.4. The van der Waals surface area contributed by atoms with Crippen LogP contribution in [-0.2, 0) is 39.4 Å². The summed E-state index contributed by atoms with van der Waals surface area (Å²) < 4.78 is 23.2. The summed E-state index contributed by atoms with van der Waals surface area (Å²) in [5.41, 5.74) is 2.37. The Hall–Kier alpha value is -3.43. The summed E-state index contributed by atoms with van der Waals surface area (Å²) in [4.78, 5) is 30.7. The lowest BCUT2D eigenvalue weighted by atomic mass is 9.86. The number of carbonyl (C=O) groups excluding carboxylic acids is 1. The number of pyridine rings is 2. The molecular weight excluding hydrogens is 428 g/mol. The molecule has 0 aliphatic carbocycles. The third kappa shape index (κ3) is 2.69. The topological polar surface area (TPSA) is 109 Å². The third-order valence-electron chi connectivity index (χ3n) is 6.86. The van der Waals surface area contributed by atoms with Crippen LogP contribution in [0, 0.1) is 0 Å². The van der Waals surface area contributed by atoms with Gasteiger partial charge >= 0.3 is 5.97 Å². The van der Waals surface area contributed by atoms with Crippen molar-refractivity contribution in [2.24, 2.45) is 0 Å². The minimum atomic E-state index is -1.85. The molecule has 0 saturated heterocycles. The van der Waals surface area contributed by atoms with Crippen LogP contribution in [0.25, 0.3) is 22.3 Å². The standard InChI is InChI=1S/C24H22N2O7/c1-3-24(29)16-7-18-21-14(9-26(18)22(27)15(16)10-31-23(24)28)12(4-5-30-2)13-6-19-20(33-11-32-19)8-17(13)25-21/h6-8,29H,3-5,9-11H2,1-2H3/t24-/m0/s1. The number of carbonyl (C=O) groups is 1. The molecule has 0 unspecified atom stereocenters. The quantitative estimate of drug-likeness (QED) is 0.470. The van der Waals surface area contributed by atoms with Gasteiger partial charge in [0.25, 0.3) is 5.56 Å². The molecule has 0 spiro atoms. The van der Waals surface area contributed by atoms with Crippen molar-refractivity contribution in [2.45, 2.75) is 38.5 Å². The Kier molecular flexibility index (Phi) is 4.30. The SMILES string of the molecule is CC[C@@]1(O)C(=O)OCc2c1cc1n(c2=O)Cc2c-1nc1cc3c(cc1c2CCOC)OCO3. The van der Waals surface area contributed by atoms with Gasteiger partial charge < -0.3 is 28.6 Å². The number of aliphatic hydroxyl groups is 1. The highest BCUT2D eigenvalue weighted by molar-refractivity contribution is 5.91. The zero-order valence-electron chi connectivity index (χ0n) is 18.3. The van der Waals surface area contributed by atoms with Gasteiger partial charge in [0.05, 0.1) is 35.6 Å². The highest BCUT2D eigenvalue weighted by atomic mass is 16.7. The Morgan fingerprint density at radius 3 is 2.70 bits per heavy atom. The Balaban J connectivity index is 1.63. The van der Waals surface area contributed by atoms with E-state index < -0.39 is 11.6 Å². The van der Waals surface area contributed by atoms with E-state index >= 15 is 0 Å². The predicted molar refractivity (Wildman–Crippen MR) is 116 cm³/mol. The van der Waals surface area contributed by atoms with Gasteiger partial charge in [-0.1, -0.05) is 6.92 Å². The van der Waals surface area contributed by atoms with E-state index in [1.165, 1.54) is 0 Å². The Morgan fingerprint density at radius 2 is 1.94 bits per heavy atom. The minimum Gasteiger partial charge on any atom is -0.458 e. The molecule has 170 valence electrons. The van der Waals surface area contributed by atoms with Crippen molar-refractivity contribution in [1.29, 1.82) is 0 Å². The molecule has 9 heteroatoms. The smallest absolute Gasteiger partial charge is 0.343 e. The molecular formula is C24H22N2O7. The van der Waals surface area contributed by atoms with Crippen molar-refractivity contribution >= 4 is 16.9 Å². The van der Waals surface area contributed by atoms with Gasteiger partial charge in [-0.25, -0.2) is 9.78 Å². The van der Waals surface area contributed by atoms with Crippen molar-refractivity contribution in [3.05, 3.63) is 50.8 Å². The number of nitrogens with zero attached hydrogens (tertiary/aromatic N) is 2. The van der Waals surface area contributed by atoms with Gasteiger partial charge in [0, 0.05) is 29.7 Å². The van der Waals surface area contributed by atoms with Crippen LogP contribution in [0.3, 0.4) is 0 Å². The van der Waals surface area contributed by atoms with Crippen LogP contribution in [0.5, 0.6) is 11.5 Å². The van der Waals surface area contributed by atoms with Crippen LogP contribution in [0.4, 0.5) is 0 Å². The van der Waals surface area contributed by atoms with E-state index in [9.17, 15) is 14.7 Å². The summed E-state index contributed by atoms with van der Waals surface area (Å²) in [6, 6.07) is 5.49. The molecule has 0 fully saturated rings. The Morgan fingerprint density at radius 1 is 1.15 bits per heavy atom. The zero-order valence-corrected chi connectivity index (χ0v) is 18.3. The van der Waals surface area contributed by atoms with Gasteiger partial charge in [0.15, 0.2) is 17.1 Å². The first-order chi connectivity index (χ1) is 16.0. The second-order valence-corrected chi connectivity index (χ2v) is 8.49. The molecule has 3 aliphatic heterocycles. The molecule has 0 saturated carbocycles. The second-order valence-electron chi connectivity index (χ2n) is 8.49. The van der Waals surface area contributed by atoms with Gasteiger partial charge in [0.1, 0.15) is 6.61 Å². The van der Waals surface area contributed by atoms with Crippen LogP contribution in [-0.4, -0.2) is 41.1 Å². The maximum Gasteiger partial charge on any atom is 0.343 e. The molecule has 1 aromatic carbocycles. The van der Waals surface area contributed by atoms with E-state index in [1.807, 2.05) is 12.1 Å². The lowest BCUT2D eigenvalue weighted by molar-refractivity contribution is -0.172. The fourth-order valence-corrected chi connectivity index (χ4v) is 5.04. The molecule has 6 rings (SSSR count). The first-order valence-electron chi connectivity index (χ1n) is 10.9. The van der Waals surface area contributed by atoms with E-state index in [2.05, 4.69) is 0 Å². The molecule has 0 bridgehead atoms. The molecule has 2 aromatic heterocycles. The van der Waals surface area contributed by atoms with Gasteiger partial charge in [0.2, 0.25) is 6.79 Å². The van der Waals surface area contributed by atoms with E-state index in [0.717, 1.165) is 16.5 Å². The zero-order chi connectivity index (χ0) is 22.9. The minimum absolute atomic E-state index is 0.0995. The van der Waals surface area contributed by atoms with E-state index in [-0.39, 0.29) is 25.4 Å². The lowest BCUT2D eigenvalue weighted by Crippen LogP contribution is -2.44. The van der Waals surface area contributed by atoms with Gasteiger partial charge in [-0.3, -0.25) is 4.79 Å². The number of cyclic esters (lactones) is 1. The largest absolute Gasteiger partial charge is 0.458 e. The number of hydrogen-bond acceptors (Lipinski definition) is 8.